The van der Waals surface area contributed by atoms with Gasteiger partial charge in [0.2, 0.25) is 0 Å². The molecule has 4 amide bonds. The summed E-state index contributed by atoms with van der Waals surface area (Å²) in [5, 5.41) is 10.6. The molecule has 0 aliphatic carbocycles. The lowest BCUT2D eigenvalue weighted by Gasteiger charge is -2.20. The Morgan fingerprint density at radius 2 is 1.35 bits per heavy atom. The molecule has 2 unspecified atom stereocenters. The highest BCUT2D eigenvalue weighted by Gasteiger charge is 2.21. The van der Waals surface area contributed by atoms with E-state index in [0.29, 0.717) is 31.5 Å². The third-order valence-corrected chi connectivity index (χ3v) is 4.61. The number of para-hydroxylation sites is 1. The number of benzene rings is 1. The summed E-state index contributed by atoms with van der Waals surface area (Å²) < 4.78 is 0. The second-order valence-corrected chi connectivity index (χ2v) is 7.43. The second-order valence-electron chi connectivity index (χ2n) is 7.43. The van der Waals surface area contributed by atoms with Gasteiger partial charge in [-0.15, -0.1) is 0 Å². The summed E-state index contributed by atoms with van der Waals surface area (Å²) in [6.45, 7) is 4.57. The van der Waals surface area contributed by atoms with E-state index < -0.39 is 18.1 Å². The van der Waals surface area contributed by atoms with E-state index in [1.807, 2.05) is 18.2 Å². The summed E-state index contributed by atoms with van der Waals surface area (Å²) >= 11 is 0. The maximum Gasteiger partial charge on any atom is 0.319 e. The molecule has 9 heteroatoms. The van der Waals surface area contributed by atoms with Gasteiger partial charge in [0.15, 0.2) is 11.6 Å². The largest absolute Gasteiger partial charge is 0.338 e. The second kappa shape index (κ2) is 13.9. The van der Waals surface area contributed by atoms with Crippen LogP contribution in [0.15, 0.2) is 30.3 Å². The summed E-state index contributed by atoms with van der Waals surface area (Å²) in [4.78, 5) is 58.7. The Bertz CT molecular complexity index is 766. The van der Waals surface area contributed by atoms with Crippen LogP contribution in [0.5, 0.6) is 0 Å². The summed E-state index contributed by atoms with van der Waals surface area (Å²) in [6.07, 6.45) is 2.05. The summed E-state index contributed by atoms with van der Waals surface area (Å²) in [5.41, 5.74) is 0.694. The van der Waals surface area contributed by atoms with Gasteiger partial charge in [-0.1, -0.05) is 18.2 Å². The first kappa shape index (κ1) is 25.8. The van der Waals surface area contributed by atoms with Crippen LogP contribution in [0, 0.1) is 0 Å². The molecule has 0 heterocycles. The average Bonchev–Trinajstić information content (AvgIpc) is 2.70. The maximum atomic E-state index is 12.2. The quantitative estimate of drug-likeness (QED) is 0.356. The van der Waals surface area contributed by atoms with Gasteiger partial charge in [-0.25, -0.2) is 9.59 Å². The van der Waals surface area contributed by atoms with Crippen molar-refractivity contribution in [3.8, 4) is 0 Å². The van der Waals surface area contributed by atoms with Crippen molar-refractivity contribution in [2.45, 2.75) is 65.0 Å². The SMILES string of the molecule is CC(=O)CCC(NC(=O)NC(CCCCNC(=O)Nc1ccccc1)C(C)=O)C(C)=O. The number of hydrogen-bond donors (Lipinski definition) is 4. The molecule has 0 bridgehead atoms. The first-order valence-electron chi connectivity index (χ1n) is 10.4. The molecule has 1 aromatic rings. The van der Waals surface area contributed by atoms with Crippen molar-refractivity contribution in [1.29, 1.82) is 0 Å². The molecule has 0 radical (unpaired) electrons. The lowest BCUT2D eigenvalue weighted by Crippen LogP contribution is -2.50. The van der Waals surface area contributed by atoms with Gasteiger partial charge in [0.25, 0.3) is 0 Å². The summed E-state index contributed by atoms with van der Waals surface area (Å²) in [6, 6.07) is 6.66. The van der Waals surface area contributed by atoms with Crippen LogP contribution in [-0.4, -0.2) is 48.0 Å². The molecule has 0 saturated carbocycles. The number of unbranched alkanes of at least 4 members (excludes halogenated alkanes) is 1. The highest BCUT2D eigenvalue weighted by Crippen LogP contribution is 2.06. The molecule has 1 rings (SSSR count). The van der Waals surface area contributed by atoms with E-state index in [-0.39, 0.29) is 36.2 Å². The lowest BCUT2D eigenvalue weighted by molar-refractivity contribution is -0.120. The summed E-state index contributed by atoms with van der Waals surface area (Å²) in [7, 11) is 0. The maximum absolute atomic E-state index is 12.2. The van der Waals surface area contributed by atoms with Gasteiger partial charge in [-0.05, 0) is 58.6 Å². The number of urea groups is 2. The molecule has 9 nitrogen and oxygen atoms in total. The highest BCUT2D eigenvalue weighted by atomic mass is 16.2. The van der Waals surface area contributed by atoms with E-state index in [2.05, 4.69) is 21.3 Å². The molecule has 0 aromatic heterocycles. The van der Waals surface area contributed by atoms with Gasteiger partial charge >= 0.3 is 12.1 Å². The molecule has 0 fully saturated rings. The van der Waals surface area contributed by atoms with Crippen LogP contribution in [0.2, 0.25) is 0 Å². The number of anilines is 1. The summed E-state index contributed by atoms with van der Waals surface area (Å²) in [5.74, 6) is -0.523. The average molecular weight is 433 g/mol. The van der Waals surface area contributed by atoms with E-state index in [0.717, 1.165) is 0 Å². The number of carbonyl (C=O) groups excluding carboxylic acids is 5. The van der Waals surface area contributed by atoms with Gasteiger partial charge in [0.05, 0.1) is 12.1 Å². The van der Waals surface area contributed by atoms with Gasteiger partial charge in [-0.2, -0.15) is 0 Å². The fourth-order valence-electron chi connectivity index (χ4n) is 2.83. The number of amides is 4. The zero-order chi connectivity index (χ0) is 23.2. The fourth-order valence-corrected chi connectivity index (χ4v) is 2.83. The molecule has 2 atom stereocenters. The van der Waals surface area contributed by atoms with Crippen LogP contribution in [0.1, 0.15) is 52.9 Å². The normalized spacial score (nSPS) is 12.2. The van der Waals surface area contributed by atoms with E-state index in [4.69, 9.17) is 0 Å². The molecule has 0 spiro atoms. The number of nitrogens with one attached hydrogen (secondary N) is 4. The lowest BCUT2D eigenvalue weighted by atomic mass is 10.1. The molecule has 0 aliphatic rings. The minimum atomic E-state index is -0.774. The van der Waals surface area contributed by atoms with Crippen LogP contribution in [0.3, 0.4) is 0 Å². The molecule has 0 saturated heterocycles. The van der Waals surface area contributed by atoms with E-state index in [1.54, 1.807) is 12.1 Å². The Labute approximate surface area is 182 Å². The molecule has 31 heavy (non-hydrogen) atoms. The zero-order valence-corrected chi connectivity index (χ0v) is 18.3. The minimum absolute atomic E-state index is 0.0684. The van der Waals surface area contributed by atoms with E-state index >= 15 is 0 Å². The molecule has 0 aliphatic heterocycles. The van der Waals surface area contributed by atoms with Crippen LogP contribution >= 0.6 is 0 Å². The zero-order valence-electron chi connectivity index (χ0n) is 18.3. The van der Waals surface area contributed by atoms with Crippen LogP contribution in [0.4, 0.5) is 15.3 Å². The Morgan fingerprint density at radius 3 is 1.90 bits per heavy atom. The first-order valence-corrected chi connectivity index (χ1v) is 10.4. The van der Waals surface area contributed by atoms with Crippen LogP contribution in [0.25, 0.3) is 0 Å². The molecular formula is C22H32N4O5. The standard InChI is InChI=1S/C22H32N4O5/c1-15(27)12-13-20(17(3)29)26-22(31)25-19(16(2)28)11-7-8-14-23-21(30)24-18-9-5-4-6-10-18/h4-6,9-10,19-20H,7-8,11-14H2,1-3H3,(H2,23,24,30)(H2,25,26,31). The van der Waals surface area contributed by atoms with Crippen molar-refractivity contribution >= 4 is 35.1 Å². The Morgan fingerprint density at radius 1 is 0.774 bits per heavy atom. The molecule has 4 N–H and O–H groups in total. The Balaban J connectivity index is 2.35. The van der Waals surface area contributed by atoms with Gasteiger partial charge in [-0.3, -0.25) is 9.59 Å². The smallest absolute Gasteiger partial charge is 0.319 e. The van der Waals surface area contributed by atoms with E-state index in [1.165, 1.54) is 20.8 Å². The van der Waals surface area contributed by atoms with Gasteiger partial charge < -0.3 is 26.1 Å². The van der Waals surface area contributed by atoms with Crippen molar-refractivity contribution in [3.05, 3.63) is 30.3 Å². The molecular weight excluding hydrogens is 400 g/mol. The molecule has 170 valence electrons. The van der Waals surface area contributed by atoms with Crippen molar-refractivity contribution < 1.29 is 24.0 Å². The van der Waals surface area contributed by atoms with Gasteiger partial charge in [0, 0.05) is 18.7 Å². The van der Waals surface area contributed by atoms with Gasteiger partial charge in [0.1, 0.15) is 5.78 Å². The number of rotatable bonds is 13. The van der Waals surface area contributed by atoms with Crippen LogP contribution in [-0.2, 0) is 14.4 Å². The number of Topliss-reactive ketones (excluding diaryl/α,β-unsaturated/α-hetero) is 3. The predicted octanol–water partition coefficient (Wildman–Crippen LogP) is 2.56. The first-order chi connectivity index (χ1) is 14.7. The molecule has 1 aromatic carbocycles. The third-order valence-electron chi connectivity index (χ3n) is 4.61. The Kier molecular flexibility index (Phi) is 11.6. The predicted molar refractivity (Wildman–Crippen MR) is 118 cm³/mol. The number of ketones is 3. The van der Waals surface area contributed by atoms with Crippen molar-refractivity contribution in [2.75, 3.05) is 11.9 Å². The van der Waals surface area contributed by atoms with Crippen molar-refractivity contribution in [2.24, 2.45) is 0 Å². The third kappa shape index (κ3) is 11.5. The highest BCUT2D eigenvalue weighted by molar-refractivity contribution is 5.90. The topological polar surface area (TPSA) is 133 Å². The fraction of sp³-hybridized carbons (Fsp3) is 0.500. The van der Waals surface area contributed by atoms with Crippen molar-refractivity contribution in [3.63, 3.8) is 0 Å². The number of hydrogen-bond acceptors (Lipinski definition) is 5. The minimum Gasteiger partial charge on any atom is -0.338 e. The van der Waals surface area contributed by atoms with Crippen LogP contribution < -0.4 is 21.3 Å². The number of carbonyl (C=O) groups is 5. The Hall–Kier alpha value is -3.23. The van der Waals surface area contributed by atoms with E-state index in [9.17, 15) is 24.0 Å². The van der Waals surface area contributed by atoms with Crippen molar-refractivity contribution in [1.82, 2.24) is 16.0 Å². The monoisotopic (exact) mass is 432 g/mol.